The van der Waals surface area contributed by atoms with Gasteiger partial charge in [-0.15, -0.1) is 0 Å². The second-order valence-corrected chi connectivity index (χ2v) is 4.69. The third-order valence-electron chi connectivity index (χ3n) is 3.53. The summed E-state index contributed by atoms with van der Waals surface area (Å²) >= 11 is 0. The smallest absolute Gasteiger partial charge is 0.217 e. The van der Waals surface area contributed by atoms with Gasteiger partial charge in [-0.25, -0.2) is 0 Å². The van der Waals surface area contributed by atoms with Crippen LogP contribution < -0.4 is 10.6 Å². The Hall–Kier alpha value is -0.570. The Bertz CT molecular complexity index is 217. The van der Waals surface area contributed by atoms with Crippen molar-refractivity contribution in [3.63, 3.8) is 0 Å². The van der Waals surface area contributed by atoms with E-state index in [-0.39, 0.29) is 5.91 Å². The molecule has 14 heavy (non-hydrogen) atoms. The summed E-state index contributed by atoms with van der Waals surface area (Å²) in [6, 6.07) is 1.10. The fourth-order valence-electron chi connectivity index (χ4n) is 2.90. The maximum Gasteiger partial charge on any atom is 0.217 e. The number of hydrogen-bond donors (Lipinski definition) is 2. The SMILES string of the molecule is CC(=O)NC1CNC2CCCCC2C1. The summed E-state index contributed by atoms with van der Waals surface area (Å²) in [5, 5.41) is 6.58. The topological polar surface area (TPSA) is 41.1 Å². The zero-order valence-electron chi connectivity index (χ0n) is 8.88. The van der Waals surface area contributed by atoms with E-state index in [1.165, 1.54) is 32.1 Å². The van der Waals surface area contributed by atoms with Crippen LogP contribution in [0.5, 0.6) is 0 Å². The van der Waals surface area contributed by atoms with Gasteiger partial charge < -0.3 is 10.6 Å². The predicted molar refractivity (Wildman–Crippen MR) is 56.0 cm³/mol. The molecule has 0 aromatic rings. The molecule has 2 rings (SSSR count). The zero-order valence-corrected chi connectivity index (χ0v) is 8.88. The van der Waals surface area contributed by atoms with Crippen molar-refractivity contribution >= 4 is 5.91 Å². The van der Waals surface area contributed by atoms with Gasteiger partial charge in [0, 0.05) is 25.6 Å². The summed E-state index contributed by atoms with van der Waals surface area (Å²) in [5.74, 6) is 0.903. The molecule has 2 fully saturated rings. The largest absolute Gasteiger partial charge is 0.352 e. The van der Waals surface area contributed by atoms with Crippen molar-refractivity contribution in [3.8, 4) is 0 Å². The first-order valence-electron chi connectivity index (χ1n) is 5.76. The fraction of sp³-hybridized carbons (Fsp3) is 0.909. The quantitative estimate of drug-likeness (QED) is 0.658. The molecule has 1 aliphatic carbocycles. The molecule has 0 aromatic heterocycles. The minimum absolute atomic E-state index is 0.103. The summed E-state index contributed by atoms with van der Waals surface area (Å²) in [5.41, 5.74) is 0. The molecule has 1 amide bonds. The Labute approximate surface area is 85.6 Å². The molecule has 2 aliphatic rings. The van der Waals surface area contributed by atoms with E-state index in [1.54, 1.807) is 6.92 Å². The van der Waals surface area contributed by atoms with Gasteiger partial charge in [0.15, 0.2) is 0 Å². The van der Waals surface area contributed by atoms with Crippen LogP contribution in [0.3, 0.4) is 0 Å². The number of fused-ring (bicyclic) bond motifs is 1. The van der Waals surface area contributed by atoms with E-state index in [0.717, 1.165) is 18.5 Å². The maximum absolute atomic E-state index is 10.9. The van der Waals surface area contributed by atoms with Crippen LogP contribution in [0.25, 0.3) is 0 Å². The van der Waals surface area contributed by atoms with E-state index in [9.17, 15) is 4.79 Å². The molecule has 0 spiro atoms. The van der Waals surface area contributed by atoms with E-state index < -0.39 is 0 Å². The van der Waals surface area contributed by atoms with Crippen molar-refractivity contribution in [2.45, 2.75) is 51.1 Å². The van der Waals surface area contributed by atoms with E-state index in [2.05, 4.69) is 10.6 Å². The molecule has 3 unspecified atom stereocenters. The van der Waals surface area contributed by atoms with Crippen LogP contribution in [0.1, 0.15) is 39.0 Å². The molecule has 3 atom stereocenters. The lowest BCUT2D eigenvalue weighted by Gasteiger charge is -2.40. The van der Waals surface area contributed by atoms with Gasteiger partial charge in [0.05, 0.1) is 0 Å². The predicted octanol–water partition coefficient (Wildman–Crippen LogP) is 1.04. The first kappa shape index (κ1) is 9.97. The maximum atomic E-state index is 10.9. The van der Waals surface area contributed by atoms with Crippen LogP contribution in [0.2, 0.25) is 0 Å². The second kappa shape index (κ2) is 4.30. The second-order valence-electron chi connectivity index (χ2n) is 4.69. The van der Waals surface area contributed by atoms with Crippen LogP contribution >= 0.6 is 0 Å². The Morgan fingerprint density at radius 2 is 2.14 bits per heavy atom. The number of carbonyl (C=O) groups excluding carboxylic acids is 1. The van der Waals surface area contributed by atoms with Gasteiger partial charge >= 0.3 is 0 Å². The molecule has 1 saturated carbocycles. The van der Waals surface area contributed by atoms with Crippen LogP contribution in [-0.2, 0) is 4.79 Å². The highest BCUT2D eigenvalue weighted by molar-refractivity contribution is 5.73. The summed E-state index contributed by atoms with van der Waals surface area (Å²) in [7, 11) is 0. The van der Waals surface area contributed by atoms with Gasteiger partial charge in [0.1, 0.15) is 0 Å². The molecular weight excluding hydrogens is 176 g/mol. The average Bonchev–Trinajstić information content (AvgIpc) is 2.17. The minimum atomic E-state index is 0.103. The van der Waals surface area contributed by atoms with Crippen LogP contribution in [0.15, 0.2) is 0 Å². The highest BCUT2D eigenvalue weighted by Crippen LogP contribution is 2.30. The molecule has 0 radical (unpaired) electrons. The van der Waals surface area contributed by atoms with Gasteiger partial charge in [-0.1, -0.05) is 12.8 Å². The third kappa shape index (κ3) is 2.27. The standard InChI is InChI=1S/C11H20N2O/c1-8(14)13-10-6-9-4-2-3-5-11(9)12-7-10/h9-12H,2-7H2,1H3,(H,13,14). The van der Waals surface area contributed by atoms with Crippen LogP contribution in [0.4, 0.5) is 0 Å². The number of nitrogens with one attached hydrogen (secondary N) is 2. The summed E-state index contributed by atoms with van der Waals surface area (Å²) in [6.07, 6.45) is 6.59. The average molecular weight is 196 g/mol. The van der Waals surface area contributed by atoms with Gasteiger partial charge in [-0.2, -0.15) is 0 Å². The Kier molecular flexibility index (Phi) is 3.06. The van der Waals surface area contributed by atoms with Crippen LogP contribution in [0, 0.1) is 5.92 Å². The lowest BCUT2D eigenvalue weighted by molar-refractivity contribution is -0.120. The van der Waals surface area contributed by atoms with E-state index in [0.29, 0.717) is 6.04 Å². The molecule has 80 valence electrons. The van der Waals surface area contributed by atoms with Crippen LogP contribution in [-0.4, -0.2) is 24.5 Å². The number of piperidine rings is 1. The summed E-state index contributed by atoms with van der Waals surface area (Å²) in [4.78, 5) is 10.9. The Balaban J connectivity index is 1.86. The van der Waals surface area contributed by atoms with E-state index >= 15 is 0 Å². The van der Waals surface area contributed by atoms with Crippen molar-refractivity contribution in [1.29, 1.82) is 0 Å². The summed E-state index contributed by atoms with van der Waals surface area (Å²) in [6.45, 7) is 2.56. The van der Waals surface area contributed by atoms with Gasteiger partial charge in [-0.05, 0) is 25.2 Å². The zero-order chi connectivity index (χ0) is 9.97. The molecule has 1 aliphatic heterocycles. The van der Waals surface area contributed by atoms with Crippen molar-refractivity contribution in [2.24, 2.45) is 5.92 Å². The Morgan fingerprint density at radius 1 is 1.36 bits per heavy atom. The molecule has 0 aromatic carbocycles. The van der Waals surface area contributed by atoms with Crippen molar-refractivity contribution in [1.82, 2.24) is 10.6 Å². The first-order valence-corrected chi connectivity index (χ1v) is 5.76. The molecular formula is C11H20N2O. The number of hydrogen-bond acceptors (Lipinski definition) is 2. The van der Waals surface area contributed by atoms with E-state index in [1.807, 2.05) is 0 Å². The third-order valence-corrected chi connectivity index (χ3v) is 3.53. The molecule has 0 bridgehead atoms. The molecule has 3 nitrogen and oxygen atoms in total. The van der Waals surface area contributed by atoms with Gasteiger partial charge in [0.2, 0.25) is 5.91 Å². The van der Waals surface area contributed by atoms with Crippen molar-refractivity contribution in [3.05, 3.63) is 0 Å². The first-order chi connectivity index (χ1) is 6.75. The number of amides is 1. The van der Waals surface area contributed by atoms with Crippen molar-refractivity contribution < 1.29 is 4.79 Å². The normalized spacial score (nSPS) is 37.4. The molecule has 2 N–H and O–H groups in total. The summed E-state index contributed by atoms with van der Waals surface area (Å²) < 4.78 is 0. The lowest BCUT2D eigenvalue weighted by atomic mass is 9.78. The monoisotopic (exact) mass is 196 g/mol. The molecule has 1 heterocycles. The highest BCUT2D eigenvalue weighted by atomic mass is 16.1. The fourth-order valence-corrected chi connectivity index (χ4v) is 2.90. The molecule has 3 heteroatoms. The minimum Gasteiger partial charge on any atom is -0.352 e. The number of carbonyl (C=O) groups is 1. The Morgan fingerprint density at radius 3 is 2.93 bits per heavy atom. The lowest BCUT2D eigenvalue weighted by Crippen LogP contribution is -2.54. The van der Waals surface area contributed by atoms with Gasteiger partial charge in [0.25, 0.3) is 0 Å². The highest BCUT2D eigenvalue weighted by Gasteiger charge is 2.31. The number of rotatable bonds is 1. The van der Waals surface area contributed by atoms with Crippen molar-refractivity contribution in [2.75, 3.05) is 6.54 Å². The molecule has 1 saturated heterocycles. The van der Waals surface area contributed by atoms with E-state index in [4.69, 9.17) is 0 Å². The van der Waals surface area contributed by atoms with Gasteiger partial charge in [-0.3, -0.25) is 4.79 Å².